The summed E-state index contributed by atoms with van der Waals surface area (Å²) in [6.45, 7) is 2.63. The number of aromatic amines is 1. The van der Waals surface area contributed by atoms with Gasteiger partial charge in [0.1, 0.15) is 5.69 Å². The number of para-hydroxylation sites is 1. The van der Waals surface area contributed by atoms with Gasteiger partial charge in [0, 0.05) is 12.2 Å². The Hall–Kier alpha value is -2.10. The summed E-state index contributed by atoms with van der Waals surface area (Å²) < 4.78 is 0. The van der Waals surface area contributed by atoms with E-state index in [0.29, 0.717) is 5.69 Å². The van der Waals surface area contributed by atoms with Crippen LogP contribution in [0.15, 0.2) is 30.5 Å². The Morgan fingerprint density at radius 3 is 3.00 bits per heavy atom. The standard InChI is InChI=1S/C13H13N3O/c1-9-8-14-15-12(9)13(17)16-7-6-10-4-2-3-5-11(10)16/h2-5,8H,6-7H2,1H3,(H,14,15). The van der Waals surface area contributed by atoms with Gasteiger partial charge in [0.2, 0.25) is 0 Å². The number of rotatable bonds is 1. The van der Waals surface area contributed by atoms with Crippen LogP contribution in [0.3, 0.4) is 0 Å². The van der Waals surface area contributed by atoms with Gasteiger partial charge < -0.3 is 4.90 Å². The lowest BCUT2D eigenvalue weighted by atomic mass is 10.2. The van der Waals surface area contributed by atoms with Gasteiger partial charge in [-0.3, -0.25) is 9.89 Å². The molecule has 0 aliphatic carbocycles. The van der Waals surface area contributed by atoms with Gasteiger partial charge >= 0.3 is 0 Å². The summed E-state index contributed by atoms with van der Waals surface area (Å²) >= 11 is 0. The first-order chi connectivity index (χ1) is 8.27. The van der Waals surface area contributed by atoms with E-state index in [1.165, 1.54) is 5.56 Å². The fourth-order valence-electron chi connectivity index (χ4n) is 2.25. The Labute approximate surface area is 99.3 Å². The lowest BCUT2D eigenvalue weighted by molar-refractivity contribution is 0.0984. The molecule has 86 valence electrons. The van der Waals surface area contributed by atoms with Crippen LogP contribution >= 0.6 is 0 Å². The summed E-state index contributed by atoms with van der Waals surface area (Å²) in [5.74, 6) is 0.00458. The van der Waals surface area contributed by atoms with Crippen LogP contribution in [-0.2, 0) is 6.42 Å². The Balaban J connectivity index is 1.98. The molecule has 0 radical (unpaired) electrons. The number of nitrogens with zero attached hydrogens (tertiary/aromatic N) is 2. The zero-order chi connectivity index (χ0) is 11.8. The smallest absolute Gasteiger partial charge is 0.276 e. The summed E-state index contributed by atoms with van der Waals surface area (Å²) in [6, 6.07) is 8.03. The number of hydrogen-bond donors (Lipinski definition) is 1. The number of amides is 1. The number of carbonyl (C=O) groups is 1. The van der Waals surface area contributed by atoms with Crippen molar-refractivity contribution in [3.8, 4) is 0 Å². The van der Waals surface area contributed by atoms with Crippen molar-refractivity contribution < 1.29 is 4.79 Å². The van der Waals surface area contributed by atoms with Crippen molar-refractivity contribution in [3.63, 3.8) is 0 Å². The topological polar surface area (TPSA) is 49.0 Å². The third-order valence-corrected chi connectivity index (χ3v) is 3.18. The molecule has 1 N–H and O–H groups in total. The number of hydrogen-bond acceptors (Lipinski definition) is 2. The van der Waals surface area contributed by atoms with Crippen LogP contribution in [0.4, 0.5) is 5.69 Å². The van der Waals surface area contributed by atoms with E-state index in [1.54, 1.807) is 6.20 Å². The molecular formula is C13H13N3O. The summed E-state index contributed by atoms with van der Waals surface area (Å²) in [5, 5.41) is 6.67. The molecule has 4 nitrogen and oxygen atoms in total. The second-order valence-corrected chi connectivity index (χ2v) is 4.26. The minimum atomic E-state index is 0.00458. The van der Waals surface area contributed by atoms with Crippen molar-refractivity contribution in [1.29, 1.82) is 0 Å². The number of fused-ring (bicyclic) bond motifs is 1. The van der Waals surface area contributed by atoms with Gasteiger partial charge in [0.05, 0.1) is 6.20 Å². The van der Waals surface area contributed by atoms with Crippen molar-refractivity contribution in [2.75, 3.05) is 11.4 Å². The number of carbonyl (C=O) groups excluding carboxylic acids is 1. The highest BCUT2D eigenvalue weighted by molar-refractivity contribution is 6.06. The molecule has 3 rings (SSSR count). The molecule has 17 heavy (non-hydrogen) atoms. The highest BCUT2D eigenvalue weighted by atomic mass is 16.2. The molecule has 0 fully saturated rings. The molecule has 0 saturated carbocycles. The van der Waals surface area contributed by atoms with E-state index in [-0.39, 0.29) is 5.91 Å². The number of aryl methyl sites for hydroxylation is 1. The minimum Gasteiger partial charge on any atom is -0.306 e. The average Bonchev–Trinajstić information content (AvgIpc) is 2.94. The van der Waals surface area contributed by atoms with E-state index >= 15 is 0 Å². The number of benzene rings is 1. The fraction of sp³-hybridized carbons (Fsp3) is 0.231. The molecule has 0 bridgehead atoms. The number of aromatic nitrogens is 2. The molecule has 2 heterocycles. The van der Waals surface area contributed by atoms with Crippen molar-refractivity contribution >= 4 is 11.6 Å². The molecule has 0 spiro atoms. The van der Waals surface area contributed by atoms with Gasteiger partial charge in [-0.2, -0.15) is 5.10 Å². The average molecular weight is 227 g/mol. The molecule has 1 amide bonds. The molecule has 1 aliphatic heterocycles. The van der Waals surface area contributed by atoms with E-state index in [1.807, 2.05) is 30.0 Å². The largest absolute Gasteiger partial charge is 0.306 e. The van der Waals surface area contributed by atoms with Crippen LogP contribution in [0.25, 0.3) is 0 Å². The van der Waals surface area contributed by atoms with Gasteiger partial charge in [0.25, 0.3) is 5.91 Å². The normalized spacial score (nSPS) is 13.8. The minimum absolute atomic E-state index is 0.00458. The monoisotopic (exact) mass is 227 g/mol. The number of H-pyrrole nitrogens is 1. The summed E-state index contributed by atoms with van der Waals surface area (Å²) in [4.78, 5) is 14.2. The van der Waals surface area contributed by atoms with E-state index < -0.39 is 0 Å². The molecule has 4 heteroatoms. The van der Waals surface area contributed by atoms with Crippen molar-refractivity contribution in [1.82, 2.24) is 10.2 Å². The van der Waals surface area contributed by atoms with Gasteiger partial charge in [-0.15, -0.1) is 0 Å². The molecular weight excluding hydrogens is 214 g/mol. The highest BCUT2D eigenvalue weighted by Crippen LogP contribution is 2.28. The number of nitrogens with one attached hydrogen (secondary N) is 1. The second kappa shape index (κ2) is 3.73. The van der Waals surface area contributed by atoms with Crippen molar-refractivity contribution in [2.24, 2.45) is 0 Å². The zero-order valence-corrected chi connectivity index (χ0v) is 9.60. The summed E-state index contributed by atoms with van der Waals surface area (Å²) in [5.41, 5.74) is 3.73. The molecule has 0 atom stereocenters. The van der Waals surface area contributed by atoms with Gasteiger partial charge in [-0.1, -0.05) is 18.2 Å². The van der Waals surface area contributed by atoms with Crippen LogP contribution in [0, 0.1) is 6.92 Å². The van der Waals surface area contributed by atoms with Crippen LogP contribution in [0.1, 0.15) is 21.6 Å². The predicted octanol–water partition coefficient (Wildman–Crippen LogP) is 1.92. The molecule has 0 unspecified atom stereocenters. The lowest BCUT2D eigenvalue weighted by Crippen LogP contribution is -2.29. The van der Waals surface area contributed by atoms with Crippen LogP contribution < -0.4 is 4.90 Å². The summed E-state index contributed by atoms with van der Waals surface area (Å²) in [6.07, 6.45) is 2.60. The fourth-order valence-corrected chi connectivity index (χ4v) is 2.25. The Morgan fingerprint density at radius 1 is 1.41 bits per heavy atom. The van der Waals surface area contributed by atoms with E-state index in [9.17, 15) is 4.79 Å². The van der Waals surface area contributed by atoms with Crippen molar-refractivity contribution in [2.45, 2.75) is 13.3 Å². The maximum Gasteiger partial charge on any atom is 0.276 e. The van der Waals surface area contributed by atoms with Gasteiger partial charge in [0.15, 0.2) is 0 Å². The Bertz CT molecular complexity index is 574. The highest BCUT2D eigenvalue weighted by Gasteiger charge is 2.26. The van der Waals surface area contributed by atoms with E-state index in [2.05, 4.69) is 16.3 Å². The SMILES string of the molecule is Cc1cn[nH]c1C(=O)N1CCc2ccccc21. The van der Waals surface area contributed by atoms with Crippen LogP contribution in [0.2, 0.25) is 0 Å². The third kappa shape index (κ3) is 1.53. The zero-order valence-electron chi connectivity index (χ0n) is 9.60. The third-order valence-electron chi connectivity index (χ3n) is 3.18. The first-order valence-corrected chi connectivity index (χ1v) is 5.67. The Morgan fingerprint density at radius 2 is 2.24 bits per heavy atom. The first kappa shape index (κ1) is 10.1. The quantitative estimate of drug-likeness (QED) is 0.809. The van der Waals surface area contributed by atoms with Crippen molar-refractivity contribution in [3.05, 3.63) is 47.3 Å². The maximum absolute atomic E-state index is 12.3. The van der Waals surface area contributed by atoms with Gasteiger partial charge in [-0.05, 0) is 30.5 Å². The molecule has 0 saturated heterocycles. The number of anilines is 1. The first-order valence-electron chi connectivity index (χ1n) is 5.67. The molecule has 1 aromatic carbocycles. The molecule has 1 aromatic heterocycles. The van der Waals surface area contributed by atoms with Crippen LogP contribution in [-0.4, -0.2) is 22.6 Å². The predicted molar refractivity (Wildman–Crippen MR) is 65.1 cm³/mol. The van der Waals surface area contributed by atoms with E-state index in [4.69, 9.17) is 0 Å². The summed E-state index contributed by atoms with van der Waals surface area (Å²) in [7, 11) is 0. The lowest BCUT2D eigenvalue weighted by Gasteiger charge is -2.16. The van der Waals surface area contributed by atoms with Gasteiger partial charge in [-0.25, -0.2) is 0 Å². The molecule has 1 aliphatic rings. The van der Waals surface area contributed by atoms with E-state index in [0.717, 1.165) is 24.2 Å². The Kier molecular flexibility index (Phi) is 2.21. The van der Waals surface area contributed by atoms with Crippen LogP contribution in [0.5, 0.6) is 0 Å². The maximum atomic E-state index is 12.3. The second-order valence-electron chi connectivity index (χ2n) is 4.26. The molecule has 2 aromatic rings.